The largest absolute Gasteiger partial charge is 0.504 e. The predicted octanol–water partition coefficient (Wildman–Crippen LogP) is 4.16. The van der Waals surface area contributed by atoms with Crippen molar-refractivity contribution < 1.29 is 15.0 Å². The molecule has 134 valence electrons. The summed E-state index contributed by atoms with van der Waals surface area (Å²) < 4.78 is 0. The molecular formula is C21H22N2O3. The van der Waals surface area contributed by atoms with Crippen molar-refractivity contribution in [2.24, 2.45) is 11.0 Å². The van der Waals surface area contributed by atoms with E-state index in [0.29, 0.717) is 16.8 Å². The average molecular weight is 350 g/mol. The smallest absolute Gasteiger partial charge is 0.280 e. The molecule has 1 amide bonds. The highest BCUT2D eigenvalue weighted by Crippen LogP contribution is 2.32. The number of phenolic OH excluding ortho intramolecular Hbond substituents is 2. The number of phenols is 2. The van der Waals surface area contributed by atoms with Crippen LogP contribution in [0.2, 0.25) is 0 Å². The van der Waals surface area contributed by atoms with E-state index >= 15 is 0 Å². The standard InChI is InChI=1S/C21H22N2O3/c1-12(2)20-16(10-15-8-9-18(24)19(25)11-15)21(26)23(22-20)17-7-5-6-13(3)14(17)4/h5-12,24-25H,1-4H3/b16-10+. The summed E-state index contributed by atoms with van der Waals surface area (Å²) in [5, 5.41) is 25.2. The molecule has 0 bridgehead atoms. The lowest BCUT2D eigenvalue weighted by molar-refractivity contribution is -0.114. The monoisotopic (exact) mass is 350 g/mol. The van der Waals surface area contributed by atoms with Crippen molar-refractivity contribution in [3.63, 3.8) is 0 Å². The molecule has 2 aromatic rings. The molecule has 0 aromatic heterocycles. The van der Waals surface area contributed by atoms with Gasteiger partial charge in [-0.25, -0.2) is 0 Å². The van der Waals surface area contributed by atoms with E-state index in [-0.39, 0.29) is 23.3 Å². The molecule has 2 aromatic carbocycles. The van der Waals surface area contributed by atoms with Gasteiger partial charge in [-0.1, -0.05) is 32.0 Å². The van der Waals surface area contributed by atoms with E-state index in [9.17, 15) is 15.0 Å². The van der Waals surface area contributed by atoms with Crippen molar-refractivity contribution in [1.82, 2.24) is 0 Å². The van der Waals surface area contributed by atoms with E-state index in [1.807, 2.05) is 45.9 Å². The molecule has 2 N–H and O–H groups in total. The Bertz CT molecular complexity index is 942. The molecule has 1 aliphatic rings. The van der Waals surface area contributed by atoms with Gasteiger partial charge in [0, 0.05) is 0 Å². The van der Waals surface area contributed by atoms with Gasteiger partial charge >= 0.3 is 0 Å². The molecule has 0 spiro atoms. The maximum absolute atomic E-state index is 13.1. The van der Waals surface area contributed by atoms with Crippen LogP contribution in [0, 0.1) is 19.8 Å². The van der Waals surface area contributed by atoms with Crippen LogP contribution in [0.4, 0.5) is 5.69 Å². The molecule has 1 aliphatic heterocycles. The number of nitrogens with zero attached hydrogens (tertiary/aromatic N) is 2. The molecule has 5 nitrogen and oxygen atoms in total. The summed E-state index contributed by atoms with van der Waals surface area (Å²) in [6, 6.07) is 10.3. The quantitative estimate of drug-likeness (QED) is 0.645. The summed E-state index contributed by atoms with van der Waals surface area (Å²) in [5.74, 6) is -0.556. The molecule has 5 heteroatoms. The second-order valence-electron chi connectivity index (χ2n) is 6.78. The van der Waals surface area contributed by atoms with E-state index < -0.39 is 0 Å². The maximum Gasteiger partial charge on any atom is 0.280 e. The summed E-state index contributed by atoms with van der Waals surface area (Å²) in [6.07, 6.45) is 1.70. The van der Waals surface area contributed by atoms with Crippen molar-refractivity contribution in [1.29, 1.82) is 0 Å². The van der Waals surface area contributed by atoms with Crippen LogP contribution in [0.1, 0.15) is 30.5 Å². The van der Waals surface area contributed by atoms with Crippen molar-refractivity contribution in [3.8, 4) is 11.5 Å². The Morgan fingerprint density at radius 2 is 1.81 bits per heavy atom. The van der Waals surface area contributed by atoms with Gasteiger partial charge in [-0.2, -0.15) is 10.1 Å². The van der Waals surface area contributed by atoms with Gasteiger partial charge in [-0.3, -0.25) is 4.79 Å². The minimum absolute atomic E-state index is 0.0611. The van der Waals surface area contributed by atoms with E-state index in [1.165, 1.54) is 17.1 Å². The Labute approximate surface area is 152 Å². The fraction of sp³-hybridized carbons (Fsp3) is 0.238. The molecular weight excluding hydrogens is 328 g/mol. The van der Waals surface area contributed by atoms with Crippen LogP contribution < -0.4 is 5.01 Å². The van der Waals surface area contributed by atoms with Gasteiger partial charge in [0.15, 0.2) is 11.5 Å². The lowest BCUT2D eigenvalue weighted by Gasteiger charge is -2.16. The molecule has 0 saturated heterocycles. The van der Waals surface area contributed by atoms with Gasteiger partial charge in [-0.15, -0.1) is 0 Å². The number of anilines is 1. The normalized spacial score (nSPS) is 15.9. The number of aromatic hydroxyl groups is 2. The number of benzene rings is 2. The van der Waals surface area contributed by atoms with Crippen LogP contribution in [0.5, 0.6) is 11.5 Å². The van der Waals surface area contributed by atoms with Gasteiger partial charge in [0.2, 0.25) is 0 Å². The zero-order valence-corrected chi connectivity index (χ0v) is 15.3. The first-order chi connectivity index (χ1) is 12.3. The van der Waals surface area contributed by atoms with Crippen LogP contribution in [0.15, 0.2) is 47.1 Å². The van der Waals surface area contributed by atoms with Gasteiger partial charge < -0.3 is 10.2 Å². The number of hydrogen-bond acceptors (Lipinski definition) is 4. The third-order valence-corrected chi connectivity index (χ3v) is 4.57. The highest BCUT2D eigenvalue weighted by Gasteiger charge is 2.33. The first-order valence-corrected chi connectivity index (χ1v) is 8.52. The highest BCUT2D eigenvalue weighted by atomic mass is 16.3. The summed E-state index contributed by atoms with van der Waals surface area (Å²) >= 11 is 0. The molecule has 0 fully saturated rings. The molecule has 26 heavy (non-hydrogen) atoms. The van der Waals surface area contributed by atoms with Crippen molar-refractivity contribution >= 4 is 23.4 Å². The van der Waals surface area contributed by atoms with Crippen LogP contribution in [0.3, 0.4) is 0 Å². The summed E-state index contributed by atoms with van der Waals surface area (Å²) in [4.78, 5) is 13.1. The summed E-state index contributed by atoms with van der Waals surface area (Å²) in [5.41, 5.74) is 4.69. The zero-order chi connectivity index (χ0) is 19.0. The van der Waals surface area contributed by atoms with E-state index in [2.05, 4.69) is 5.10 Å². The lowest BCUT2D eigenvalue weighted by Crippen LogP contribution is -2.22. The SMILES string of the molecule is Cc1cccc(N2N=C(C(C)C)/C(=C\c3ccc(O)c(O)c3)C2=O)c1C. The number of amides is 1. The van der Waals surface area contributed by atoms with Gasteiger partial charge in [-0.05, 0) is 60.7 Å². The Balaban J connectivity index is 2.08. The second-order valence-corrected chi connectivity index (χ2v) is 6.78. The van der Waals surface area contributed by atoms with Gasteiger partial charge in [0.05, 0.1) is 17.0 Å². The Kier molecular flexibility index (Phi) is 4.55. The molecule has 0 atom stereocenters. The lowest BCUT2D eigenvalue weighted by atomic mass is 9.98. The number of hydrogen-bond donors (Lipinski definition) is 2. The zero-order valence-electron chi connectivity index (χ0n) is 15.3. The molecule has 0 aliphatic carbocycles. The van der Waals surface area contributed by atoms with Crippen LogP contribution in [-0.4, -0.2) is 21.8 Å². The molecule has 0 unspecified atom stereocenters. The Morgan fingerprint density at radius 1 is 1.08 bits per heavy atom. The van der Waals surface area contributed by atoms with Gasteiger partial charge in [0.25, 0.3) is 5.91 Å². The minimum Gasteiger partial charge on any atom is -0.504 e. The molecule has 3 rings (SSSR count). The number of hydrazone groups is 1. The topological polar surface area (TPSA) is 73.1 Å². The number of carbonyl (C=O) groups is 1. The first kappa shape index (κ1) is 17.7. The number of rotatable bonds is 3. The van der Waals surface area contributed by atoms with Crippen LogP contribution in [0.25, 0.3) is 6.08 Å². The highest BCUT2D eigenvalue weighted by molar-refractivity contribution is 6.33. The fourth-order valence-corrected chi connectivity index (χ4v) is 2.92. The minimum atomic E-state index is -0.223. The van der Waals surface area contributed by atoms with Crippen molar-refractivity contribution in [2.75, 3.05) is 5.01 Å². The Hall–Kier alpha value is -3.08. The summed E-state index contributed by atoms with van der Waals surface area (Å²) in [6.45, 7) is 7.95. The predicted molar refractivity (Wildman–Crippen MR) is 103 cm³/mol. The fourth-order valence-electron chi connectivity index (χ4n) is 2.92. The van der Waals surface area contributed by atoms with Crippen LogP contribution >= 0.6 is 0 Å². The van der Waals surface area contributed by atoms with Crippen molar-refractivity contribution in [3.05, 3.63) is 58.7 Å². The maximum atomic E-state index is 13.1. The first-order valence-electron chi connectivity index (χ1n) is 8.52. The molecule has 0 saturated carbocycles. The number of carbonyl (C=O) groups excluding carboxylic acids is 1. The van der Waals surface area contributed by atoms with Crippen LogP contribution in [-0.2, 0) is 4.79 Å². The molecule has 1 heterocycles. The Morgan fingerprint density at radius 3 is 2.46 bits per heavy atom. The second kappa shape index (κ2) is 6.67. The summed E-state index contributed by atoms with van der Waals surface area (Å²) in [7, 11) is 0. The number of aryl methyl sites for hydroxylation is 1. The van der Waals surface area contributed by atoms with E-state index in [4.69, 9.17) is 0 Å². The molecule has 0 radical (unpaired) electrons. The average Bonchev–Trinajstić information content (AvgIpc) is 2.91. The third-order valence-electron chi connectivity index (χ3n) is 4.57. The third kappa shape index (κ3) is 3.08. The van der Waals surface area contributed by atoms with E-state index in [0.717, 1.165) is 16.8 Å². The van der Waals surface area contributed by atoms with Gasteiger partial charge in [0.1, 0.15) is 0 Å². The van der Waals surface area contributed by atoms with E-state index in [1.54, 1.807) is 12.1 Å². The van der Waals surface area contributed by atoms with Crippen molar-refractivity contribution in [2.45, 2.75) is 27.7 Å².